The van der Waals surface area contributed by atoms with Gasteiger partial charge in [-0.05, 0) is 0 Å². The fraction of sp³-hybridized carbons (Fsp3) is 0.500. The van der Waals surface area contributed by atoms with E-state index in [1.807, 2.05) is 0 Å². The van der Waals surface area contributed by atoms with Gasteiger partial charge in [0, 0.05) is 13.5 Å². The summed E-state index contributed by atoms with van der Waals surface area (Å²) >= 11 is 0. The Kier molecular flexibility index (Phi) is 3.49. The summed E-state index contributed by atoms with van der Waals surface area (Å²) in [5.41, 5.74) is 5.28. The zero-order valence-corrected chi connectivity index (χ0v) is 5.35. The second-order valence-electron chi connectivity index (χ2n) is 1.63. The lowest BCUT2D eigenvalue weighted by Crippen LogP contribution is -2.38. The summed E-state index contributed by atoms with van der Waals surface area (Å²) in [7, 11) is 1.53. The molecule has 0 aliphatic heterocycles. The van der Waals surface area contributed by atoms with E-state index >= 15 is 0 Å². The first-order valence-electron chi connectivity index (χ1n) is 2.63. The van der Waals surface area contributed by atoms with Gasteiger partial charge in [-0.1, -0.05) is 0 Å². The molecule has 0 bridgehead atoms. The van der Waals surface area contributed by atoms with Crippen molar-refractivity contribution < 1.29 is 4.79 Å². The van der Waals surface area contributed by atoms with E-state index < -0.39 is 6.04 Å². The summed E-state index contributed by atoms with van der Waals surface area (Å²) in [6, 6.07) is -0.556. The van der Waals surface area contributed by atoms with E-state index in [2.05, 4.69) is 11.2 Å². The molecule has 0 saturated heterocycles. The maximum atomic E-state index is 10.6. The average molecular weight is 126 g/mol. The van der Waals surface area contributed by atoms with E-state index in [1.54, 1.807) is 0 Å². The Morgan fingerprint density at radius 3 is 2.89 bits per heavy atom. The first kappa shape index (κ1) is 7.99. The largest absolute Gasteiger partial charge is 0.358 e. The Bertz CT molecular complexity index is 136. The Balaban J connectivity index is 3.62. The predicted molar refractivity (Wildman–Crippen MR) is 35.5 cm³/mol. The Morgan fingerprint density at radius 2 is 2.56 bits per heavy atom. The molecule has 0 fully saturated rings. The smallest absolute Gasteiger partial charge is 0.237 e. The summed E-state index contributed by atoms with van der Waals surface area (Å²) in [5.74, 6) is 2.08. The number of terminal acetylenes is 1. The summed E-state index contributed by atoms with van der Waals surface area (Å²) in [5, 5.41) is 2.39. The lowest BCUT2D eigenvalue weighted by molar-refractivity contribution is -0.121. The molecule has 0 rings (SSSR count). The van der Waals surface area contributed by atoms with E-state index in [0.717, 1.165) is 0 Å². The Morgan fingerprint density at radius 1 is 2.00 bits per heavy atom. The summed E-state index contributed by atoms with van der Waals surface area (Å²) < 4.78 is 0. The molecule has 0 aromatic heterocycles. The molecule has 50 valence electrons. The van der Waals surface area contributed by atoms with Crippen LogP contribution >= 0.6 is 0 Å². The highest BCUT2D eigenvalue weighted by molar-refractivity contribution is 5.81. The summed E-state index contributed by atoms with van der Waals surface area (Å²) in [4.78, 5) is 10.6. The number of nitrogens with one attached hydrogen (secondary N) is 1. The van der Waals surface area contributed by atoms with Gasteiger partial charge >= 0.3 is 0 Å². The lowest BCUT2D eigenvalue weighted by Gasteiger charge is -2.03. The van der Waals surface area contributed by atoms with Gasteiger partial charge in [-0.25, -0.2) is 0 Å². The van der Waals surface area contributed by atoms with Crippen LogP contribution in [0.2, 0.25) is 0 Å². The molecular weight excluding hydrogens is 116 g/mol. The van der Waals surface area contributed by atoms with Gasteiger partial charge in [0.25, 0.3) is 0 Å². The lowest BCUT2D eigenvalue weighted by atomic mass is 10.2. The van der Waals surface area contributed by atoms with Crippen LogP contribution in [-0.2, 0) is 4.79 Å². The number of carbonyl (C=O) groups excluding carboxylic acids is 1. The molecule has 0 aliphatic rings. The quantitative estimate of drug-likeness (QED) is 0.470. The molecular formula is C6H10N2O. The second-order valence-corrected chi connectivity index (χ2v) is 1.63. The molecule has 3 heteroatoms. The van der Waals surface area contributed by atoms with E-state index in [-0.39, 0.29) is 5.91 Å². The molecule has 0 aliphatic carbocycles. The zero-order valence-electron chi connectivity index (χ0n) is 5.35. The van der Waals surface area contributed by atoms with E-state index in [0.29, 0.717) is 6.42 Å². The number of amides is 1. The number of rotatable bonds is 2. The van der Waals surface area contributed by atoms with Crippen LogP contribution in [0.25, 0.3) is 0 Å². The van der Waals surface area contributed by atoms with Crippen molar-refractivity contribution in [2.24, 2.45) is 5.73 Å². The molecule has 0 heterocycles. The van der Waals surface area contributed by atoms with Gasteiger partial charge in [-0.3, -0.25) is 4.79 Å². The number of hydrogen-bond donors (Lipinski definition) is 2. The van der Waals surface area contributed by atoms with Crippen LogP contribution < -0.4 is 11.1 Å². The fourth-order valence-corrected chi connectivity index (χ4v) is 0.405. The molecule has 3 nitrogen and oxygen atoms in total. The zero-order chi connectivity index (χ0) is 7.28. The van der Waals surface area contributed by atoms with Crippen LogP contribution in [0.5, 0.6) is 0 Å². The highest BCUT2D eigenvalue weighted by Crippen LogP contribution is 1.83. The highest BCUT2D eigenvalue weighted by Gasteiger charge is 2.07. The SMILES string of the molecule is C#CC[C@H](N)C(=O)NC. The molecule has 0 spiro atoms. The van der Waals surface area contributed by atoms with Crippen LogP contribution in [0.1, 0.15) is 6.42 Å². The van der Waals surface area contributed by atoms with Crippen molar-refractivity contribution >= 4 is 5.91 Å². The van der Waals surface area contributed by atoms with E-state index in [9.17, 15) is 4.79 Å². The molecule has 0 radical (unpaired) electrons. The summed E-state index contributed by atoms with van der Waals surface area (Å²) in [6.45, 7) is 0. The minimum absolute atomic E-state index is 0.215. The van der Waals surface area contributed by atoms with Gasteiger partial charge < -0.3 is 11.1 Å². The van der Waals surface area contributed by atoms with Crippen LogP contribution in [-0.4, -0.2) is 19.0 Å². The van der Waals surface area contributed by atoms with Crippen molar-refractivity contribution in [1.29, 1.82) is 0 Å². The fourth-order valence-electron chi connectivity index (χ4n) is 0.405. The Hall–Kier alpha value is -1.01. The standard InChI is InChI=1S/C6H10N2O/c1-3-4-5(7)6(9)8-2/h1,5H,4,7H2,2H3,(H,8,9)/t5-/m0/s1. The number of likely N-dealkylation sites (N-methyl/N-ethyl adjacent to an activating group) is 1. The first-order chi connectivity index (χ1) is 4.22. The van der Waals surface area contributed by atoms with Gasteiger partial charge in [0.15, 0.2) is 0 Å². The molecule has 1 atom stereocenters. The van der Waals surface area contributed by atoms with Crippen molar-refractivity contribution in [3.8, 4) is 12.3 Å². The normalized spacial score (nSPS) is 11.7. The van der Waals surface area contributed by atoms with Crippen LogP contribution in [0.4, 0.5) is 0 Å². The van der Waals surface area contributed by atoms with Crippen molar-refractivity contribution in [3.05, 3.63) is 0 Å². The maximum Gasteiger partial charge on any atom is 0.237 e. The van der Waals surface area contributed by atoms with Crippen molar-refractivity contribution in [2.75, 3.05) is 7.05 Å². The molecule has 0 aromatic carbocycles. The van der Waals surface area contributed by atoms with Gasteiger partial charge in [0.2, 0.25) is 5.91 Å². The number of carbonyl (C=O) groups is 1. The van der Waals surface area contributed by atoms with E-state index in [1.165, 1.54) is 7.05 Å². The minimum Gasteiger partial charge on any atom is -0.358 e. The van der Waals surface area contributed by atoms with Crippen LogP contribution in [0.15, 0.2) is 0 Å². The first-order valence-corrected chi connectivity index (χ1v) is 2.63. The summed E-state index contributed by atoms with van der Waals surface area (Å²) in [6.07, 6.45) is 5.20. The third-order valence-electron chi connectivity index (χ3n) is 0.921. The molecule has 3 N–H and O–H groups in total. The molecule has 0 aromatic rings. The molecule has 9 heavy (non-hydrogen) atoms. The predicted octanol–water partition coefficient (Wildman–Crippen LogP) is -0.917. The van der Waals surface area contributed by atoms with Crippen molar-refractivity contribution in [2.45, 2.75) is 12.5 Å². The monoisotopic (exact) mass is 126 g/mol. The number of nitrogens with two attached hydrogens (primary N) is 1. The van der Waals surface area contributed by atoms with Crippen molar-refractivity contribution in [1.82, 2.24) is 5.32 Å². The van der Waals surface area contributed by atoms with Crippen molar-refractivity contribution in [3.63, 3.8) is 0 Å². The van der Waals surface area contributed by atoms with Gasteiger partial charge in [-0.2, -0.15) is 0 Å². The van der Waals surface area contributed by atoms with Gasteiger partial charge in [0.1, 0.15) is 0 Å². The highest BCUT2D eigenvalue weighted by atomic mass is 16.2. The van der Waals surface area contributed by atoms with Gasteiger partial charge in [-0.15, -0.1) is 12.3 Å². The number of hydrogen-bond acceptors (Lipinski definition) is 2. The second kappa shape index (κ2) is 3.93. The van der Waals surface area contributed by atoms with Crippen LogP contribution in [0.3, 0.4) is 0 Å². The van der Waals surface area contributed by atoms with Crippen LogP contribution in [0, 0.1) is 12.3 Å². The van der Waals surface area contributed by atoms with Gasteiger partial charge in [0.05, 0.1) is 6.04 Å². The Labute approximate surface area is 54.6 Å². The minimum atomic E-state index is -0.556. The average Bonchev–Trinajstić information content (AvgIpc) is 1.87. The third-order valence-corrected chi connectivity index (χ3v) is 0.921. The molecule has 0 saturated carbocycles. The molecule has 0 unspecified atom stereocenters. The molecule has 1 amide bonds. The van der Waals surface area contributed by atoms with E-state index in [4.69, 9.17) is 12.2 Å². The maximum absolute atomic E-state index is 10.6. The third kappa shape index (κ3) is 2.73. The topological polar surface area (TPSA) is 55.1 Å².